The van der Waals surface area contributed by atoms with Gasteiger partial charge in [0, 0.05) is 19.2 Å². The van der Waals surface area contributed by atoms with Crippen molar-refractivity contribution in [1.29, 1.82) is 0 Å². The van der Waals surface area contributed by atoms with Crippen LogP contribution in [0.5, 0.6) is 0 Å². The molecule has 1 saturated heterocycles. The van der Waals surface area contributed by atoms with Crippen molar-refractivity contribution in [2.24, 2.45) is 5.92 Å². The molecule has 1 saturated carbocycles. The number of hydrogen-bond acceptors (Lipinski definition) is 4. The zero-order chi connectivity index (χ0) is 15.4. The van der Waals surface area contributed by atoms with Gasteiger partial charge in [-0.1, -0.05) is 30.9 Å². The molecule has 2 fully saturated rings. The van der Waals surface area contributed by atoms with Crippen molar-refractivity contribution in [3.8, 4) is 0 Å². The van der Waals surface area contributed by atoms with Crippen molar-refractivity contribution in [2.45, 2.75) is 63.5 Å². The van der Waals surface area contributed by atoms with Gasteiger partial charge in [0.15, 0.2) is 0 Å². The topological polar surface area (TPSA) is 71.2 Å². The minimum Gasteiger partial charge on any atom is -0.386 e. The summed E-state index contributed by atoms with van der Waals surface area (Å²) in [4.78, 5) is 14.3. The summed E-state index contributed by atoms with van der Waals surface area (Å²) >= 11 is 0. The first-order valence-electron chi connectivity index (χ1n) is 8.49. The number of β-amino-alcohol motifs (C(OH)–C–C–N with tert-alkyl or cyclic N) is 1. The number of carbonyl (C=O) groups excluding carboxylic acids is 1. The predicted octanol–water partition coefficient (Wildman–Crippen LogP) is 1.60. The van der Waals surface area contributed by atoms with Crippen LogP contribution in [0.3, 0.4) is 0 Å². The van der Waals surface area contributed by atoms with E-state index in [9.17, 15) is 9.90 Å². The Kier molecular flexibility index (Phi) is 4.76. The Bertz CT molecular complexity index is 482. The Balaban J connectivity index is 1.51. The summed E-state index contributed by atoms with van der Waals surface area (Å²) < 4.78 is 1.64. The van der Waals surface area contributed by atoms with Crippen LogP contribution in [0, 0.1) is 5.92 Å². The first-order valence-corrected chi connectivity index (χ1v) is 8.49. The molecule has 122 valence electrons. The fourth-order valence-corrected chi connectivity index (χ4v) is 3.76. The van der Waals surface area contributed by atoms with E-state index in [2.05, 4.69) is 10.3 Å². The summed E-state index contributed by atoms with van der Waals surface area (Å²) in [6.45, 7) is 1.47. The normalized spacial score (nSPS) is 27.0. The zero-order valence-electron chi connectivity index (χ0n) is 13.2. The summed E-state index contributed by atoms with van der Waals surface area (Å²) in [6.07, 6.45) is 12.1. The molecule has 1 aromatic heterocycles. The van der Waals surface area contributed by atoms with Crippen LogP contribution in [0.4, 0.5) is 0 Å². The number of amides is 1. The highest BCUT2D eigenvalue weighted by Gasteiger charge is 2.39. The molecule has 1 aliphatic heterocycles. The van der Waals surface area contributed by atoms with Crippen LogP contribution < -0.4 is 0 Å². The molecule has 6 nitrogen and oxygen atoms in total. The van der Waals surface area contributed by atoms with Gasteiger partial charge in [0.25, 0.3) is 0 Å². The summed E-state index contributed by atoms with van der Waals surface area (Å²) in [5, 5.41) is 18.3. The molecule has 0 aromatic carbocycles. The summed E-state index contributed by atoms with van der Waals surface area (Å²) in [6, 6.07) is 0. The molecule has 2 aliphatic rings. The molecule has 1 atom stereocenters. The second-order valence-corrected chi connectivity index (χ2v) is 6.95. The fraction of sp³-hybridized carbons (Fsp3) is 0.812. The van der Waals surface area contributed by atoms with Crippen molar-refractivity contribution in [1.82, 2.24) is 19.9 Å². The maximum Gasteiger partial charge on any atom is 0.222 e. The number of carbonyl (C=O) groups is 1. The van der Waals surface area contributed by atoms with E-state index in [1.807, 2.05) is 4.90 Å². The second-order valence-electron chi connectivity index (χ2n) is 6.95. The molecule has 22 heavy (non-hydrogen) atoms. The SMILES string of the molecule is O=C(CC1CCCCCC1)N1CCC(O)(Cn2ccnn2)C1. The number of rotatable bonds is 4. The first kappa shape index (κ1) is 15.5. The third kappa shape index (κ3) is 3.85. The minimum atomic E-state index is -0.868. The van der Waals surface area contributed by atoms with Crippen LogP contribution in [0.1, 0.15) is 51.4 Å². The van der Waals surface area contributed by atoms with Crippen LogP contribution >= 0.6 is 0 Å². The van der Waals surface area contributed by atoms with Gasteiger partial charge in [-0.05, 0) is 25.2 Å². The maximum absolute atomic E-state index is 12.5. The standard InChI is InChI=1S/C16H26N4O2/c21-15(11-14-5-3-1-2-4-6-14)19-9-7-16(22,12-19)13-20-10-8-17-18-20/h8,10,14,22H,1-7,9,11-13H2. The van der Waals surface area contributed by atoms with Gasteiger partial charge < -0.3 is 10.0 Å². The van der Waals surface area contributed by atoms with E-state index in [0.717, 1.165) is 0 Å². The predicted molar refractivity (Wildman–Crippen MR) is 82.0 cm³/mol. The van der Waals surface area contributed by atoms with E-state index in [1.54, 1.807) is 17.1 Å². The monoisotopic (exact) mass is 306 g/mol. The van der Waals surface area contributed by atoms with Gasteiger partial charge in [0.05, 0.1) is 19.3 Å². The van der Waals surface area contributed by atoms with E-state index in [0.29, 0.717) is 38.4 Å². The largest absolute Gasteiger partial charge is 0.386 e. The van der Waals surface area contributed by atoms with Crippen LogP contribution in [-0.4, -0.2) is 49.6 Å². The van der Waals surface area contributed by atoms with Gasteiger partial charge in [0.1, 0.15) is 5.60 Å². The van der Waals surface area contributed by atoms with Gasteiger partial charge in [-0.15, -0.1) is 5.10 Å². The summed E-state index contributed by atoms with van der Waals surface area (Å²) in [7, 11) is 0. The van der Waals surface area contributed by atoms with Crippen molar-refractivity contribution >= 4 is 5.91 Å². The smallest absolute Gasteiger partial charge is 0.222 e. The summed E-state index contributed by atoms with van der Waals surface area (Å²) in [5.41, 5.74) is -0.868. The molecule has 1 aliphatic carbocycles. The van der Waals surface area contributed by atoms with Gasteiger partial charge in [-0.3, -0.25) is 4.79 Å². The van der Waals surface area contributed by atoms with Crippen molar-refractivity contribution in [2.75, 3.05) is 13.1 Å². The van der Waals surface area contributed by atoms with E-state index in [1.165, 1.54) is 38.5 Å². The molecule has 1 aromatic rings. The van der Waals surface area contributed by atoms with Crippen LogP contribution in [0.25, 0.3) is 0 Å². The Morgan fingerprint density at radius 1 is 1.27 bits per heavy atom. The number of aliphatic hydroxyl groups is 1. The van der Waals surface area contributed by atoms with Crippen molar-refractivity contribution < 1.29 is 9.90 Å². The molecule has 1 unspecified atom stereocenters. The number of hydrogen-bond donors (Lipinski definition) is 1. The third-order valence-corrected chi connectivity index (χ3v) is 5.05. The molecule has 3 rings (SSSR count). The number of aromatic nitrogens is 3. The molecular formula is C16H26N4O2. The maximum atomic E-state index is 12.5. The van der Waals surface area contributed by atoms with E-state index >= 15 is 0 Å². The Morgan fingerprint density at radius 3 is 2.73 bits per heavy atom. The molecule has 0 spiro atoms. The van der Waals surface area contributed by atoms with E-state index in [-0.39, 0.29) is 5.91 Å². The van der Waals surface area contributed by atoms with Crippen LogP contribution in [0.15, 0.2) is 12.4 Å². The van der Waals surface area contributed by atoms with Crippen LogP contribution in [0.2, 0.25) is 0 Å². The van der Waals surface area contributed by atoms with Gasteiger partial charge in [-0.2, -0.15) is 0 Å². The quantitative estimate of drug-likeness (QED) is 0.858. The Labute approximate surface area is 131 Å². The third-order valence-electron chi connectivity index (χ3n) is 5.05. The lowest BCUT2D eigenvalue weighted by Crippen LogP contribution is -2.39. The number of likely N-dealkylation sites (tertiary alicyclic amines) is 1. The van der Waals surface area contributed by atoms with E-state index in [4.69, 9.17) is 0 Å². The van der Waals surface area contributed by atoms with Crippen molar-refractivity contribution in [3.05, 3.63) is 12.4 Å². The highest BCUT2D eigenvalue weighted by Crippen LogP contribution is 2.28. The lowest BCUT2D eigenvalue weighted by atomic mass is 9.96. The first-order chi connectivity index (χ1) is 10.6. The lowest BCUT2D eigenvalue weighted by molar-refractivity contribution is -0.132. The average molecular weight is 306 g/mol. The van der Waals surface area contributed by atoms with Gasteiger partial charge >= 0.3 is 0 Å². The molecule has 1 N–H and O–H groups in total. The van der Waals surface area contributed by atoms with Crippen LogP contribution in [-0.2, 0) is 11.3 Å². The van der Waals surface area contributed by atoms with Gasteiger partial charge in [-0.25, -0.2) is 4.68 Å². The molecule has 0 radical (unpaired) electrons. The molecule has 6 heteroatoms. The Hall–Kier alpha value is -1.43. The Morgan fingerprint density at radius 2 is 2.05 bits per heavy atom. The fourth-order valence-electron chi connectivity index (χ4n) is 3.76. The molecular weight excluding hydrogens is 280 g/mol. The second kappa shape index (κ2) is 6.77. The van der Waals surface area contributed by atoms with E-state index < -0.39 is 5.60 Å². The van der Waals surface area contributed by atoms with Gasteiger partial charge in [0.2, 0.25) is 5.91 Å². The number of nitrogens with zero attached hydrogens (tertiary/aromatic N) is 4. The highest BCUT2D eigenvalue weighted by molar-refractivity contribution is 5.76. The summed E-state index contributed by atoms with van der Waals surface area (Å²) in [5.74, 6) is 0.750. The molecule has 1 amide bonds. The highest BCUT2D eigenvalue weighted by atomic mass is 16.3. The average Bonchev–Trinajstić information content (AvgIpc) is 3.05. The zero-order valence-corrected chi connectivity index (χ0v) is 13.2. The minimum absolute atomic E-state index is 0.210. The molecule has 0 bridgehead atoms. The van der Waals surface area contributed by atoms with Crippen molar-refractivity contribution in [3.63, 3.8) is 0 Å². The molecule has 2 heterocycles. The lowest BCUT2D eigenvalue weighted by Gasteiger charge is -2.24.